The van der Waals surface area contributed by atoms with Crippen LogP contribution in [0.4, 0.5) is 0 Å². The van der Waals surface area contributed by atoms with Gasteiger partial charge in [-0.05, 0) is 21.0 Å². The molecule has 1 aliphatic rings. The Balaban J connectivity index is 1.55. The molecule has 0 unspecified atom stereocenters. The Morgan fingerprint density at radius 3 is 1.98 bits per heavy atom. The van der Waals surface area contributed by atoms with E-state index in [-0.39, 0.29) is 36.9 Å². The number of hydrogen-bond acceptors (Lipinski definition) is 6. The molecule has 0 aliphatic carbocycles. The lowest BCUT2D eigenvalue weighted by atomic mass is 10.2. The number of carbonyl (C=O) groups excluding carboxylic acids is 2. The number of benzene rings is 3. The molecular weight excluding hydrogens is 522 g/mol. The highest BCUT2D eigenvalue weighted by Gasteiger charge is 2.51. The van der Waals surface area contributed by atoms with E-state index in [9.17, 15) is 9.59 Å². The van der Waals surface area contributed by atoms with Gasteiger partial charge in [-0.15, -0.1) is 0 Å². The van der Waals surface area contributed by atoms with Crippen molar-refractivity contribution in [2.24, 2.45) is 0 Å². The molecule has 40 heavy (non-hydrogen) atoms. The van der Waals surface area contributed by atoms with E-state index in [4.69, 9.17) is 18.6 Å². The third kappa shape index (κ3) is 6.70. The Labute approximate surface area is 238 Å². The largest absolute Gasteiger partial charge is 0.468 e. The summed E-state index contributed by atoms with van der Waals surface area (Å²) in [5.74, 6) is -0.741. The number of carbonyl (C=O) groups is 2. The lowest BCUT2D eigenvalue weighted by Gasteiger charge is -2.44. The van der Waals surface area contributed by atoms with Crippen LogP contribution in [0.25, 0.3) is 0 Å². The Morgan fingerprint density at radius 2 is 1.45 bits per heavy atom. The Bertz CT molecular complexity index is 1190. The van der Waals surface area contributed by atoms with E-state index in [0.29, 0.717) is 13.0 Å². The molecule has 212 valence electrons. The van der Waals surface area contributed by atoms with E-state index in [1.807, 2.05) is 66.7 Å². The van der Waals surface area contributed by atoms with Gasteiger partial charge in [0.1, 0.15) is 19.4 Å². The van der Waals surface area contributed by atoms with Gasteiger partial charge in [-0.1, -0.05) is 112 Å². The van der Waals surface area contributed by atoms with Crippen molar-refractivity contribution < 1.29 is 28.2 Å². The van der Waals surface area contributed by atoms with Crippen molar-refractivity contribution in [2.75, 3.05) is 27.1 Å². The van der Waals surface area contributed by atoms with E-state index in [1.54, 1.807) is 0 Å². The second kappa shape index (κ2) is 13.4. The number of hydrogen-bond donors (Lipinski definition) is 0. The monoisotopic (exact) mass is 561 g/mol. The maximum atomic E-state index is 13.4. The molecule has 2 atom stereocenters. The molecule has 3 aromatic carbocycles. The van der Waals surface area contributed by atoms with Crippen LogP contribution in [0.5, 0.6) is 0 Å². The van der Waals surface area contributed by atoms with Crippen LogP contribution in [-0.2, 0) is 34.8 Å². The number of rotatable bonds is 12. The minimum Gasteiger partial charge on any atom is -0.468 e. The summed E-state index contributed by atoms with van der Waals surface area (Å²) in [5.41, 5.74) is 1.02. The third-order valence-corrected chi connectivity index (χ3v) is 12.4. The molecule has 0 saturated carbocycles. The summed E-state index contributed by atoms with van der Waals surface area (Å²) in [5, 5.41) is 2.09. The molecule has 0 N–H and O–H groups in total. The van der Waals surface area contributed by atoms with Gasteiger partial charge in [-0.2, -0.15) is 0 Å². The highest BCUT2D eigenvalue weighted by molar-refractivity contribution is 6.99. The summed E-state index contributed by atoms with van der Waals surface area (Å²) in [4.78, 5) is 27.2. The quantitative estimate of drug-likeness (QED) is 0.145. The molecule has 1 heterocycles. The van der Waals surface area contributed by atoms with Crippen LogP contribution in [0, 0.1) is 0 Å². The number of likely N-dealkylation sites (tertiary alicyclic amines) is 1. The summed E-state index contributed by atoms with van der Waals surface area (Å²) in [7, 11) is -1.51. The summed E-state index contributed by atoms with van der Waals surface area (Å²) >= 11 is 0. The van der Waals surface area contributed by atoms with Crippen LogP contribution in [-0.4, -0.2) is 64.3 Å². The van der Waals surface area contributed by atoms with Gasteiger partial charge in [0.05, 0.1) is 26.4 Å². The molecule has 4 rings (SSSR count). The van der Waals surface area contributed by atoms with Crippen LogP contribution in [0.1, 0.15) is 32.8 Å². The van der Waals surface area contributed by atoms with E-state index < -0.39 is 20.4 Å². The van der Waals surface area contributed by atoms with Gasteiger partial charge in [0, 0.05) is 6.42 Å². The fraction of sp³-hybridized carbons (Fsp3) is 0.375. The van der Waals surface area contributed by atoms with E-state index in [1.165, 1.54) is 12.0 Å². The average molecular weight is 562 g/mol. The van der Waals surface area contributed by atoms with Crippen LogP contribution in [0.15, 0.2) is 91.0 Å². The first-order valence-corrected chi connectivity index (χ1v) is 15.5. The highest BCUT2D eigenvalue weighted by atomic mass is 28.4. The predicted molar refractivity (Wildman–Crippen MR) is 157 cm³/mol. The normalized spacial score (nSPS) is 17.7. The second-order valence-corrected chi connectivity index (χ2v) is 15.3. The Kier molecular flexibility index (Phi) is 9.92. The number of amides is 1. The van der Waals surface area contributed by atoms with E-state index in [2.05, 4.69) is 45.0 Å². The molecule has 0 bridgehead atoms. The molecule has 0 radical (unpaired) electrons. The van der Waals surface area contributed by atoms with Crippen molar-refractivity contribution in [1.29, 1.82) is 0 Å². The van der Waals surface area contributed by atoms with Crippen molar-refractivity contribution in [2.45, 2.75) is 51.0 Å². The molecule has 0 spiro atoms. The van der Waals surface area contributed by atoms with Crippen LogP contribution in [0.2, 0.25) is 5.04 Å². The lowest BCUT2D eigenvalue weighted by molar-refractivity contribution is -0.153. The van der Waals surface area contributed by atoms with Gasteiger partial charge in [0.25, 0.3) is 14.2 Å². The van der Waals surface area contributed by atoms with Crippen LogP contribution >= 0.6 is 0 Å². The van der Waals surface area contributed by atoms with Crippen molar-refractivity contribution in [3.8, 4) is 0 Å². The van der Waals surface area contributed by atoms with E-state index >= 15 is 0 Å². The topological polar surface area (TPSA) is 74.3 Å². The fourth-order valence-corrected chi connectivity index (χ4v) is 9.99. The minimum absolute atomic E-state index is 0.0281. The molecule has 8 heteroatoms. The van der Waals surface area contributed by atoms with Gasteiger partial charge in [0.2, 0.25) is 0 Å². The summed E-state index contributed by atoms with van der Waals surface area (Å²) < 4.78 is 23.5. The molecule has 1 saturated heterocycles. The van der Waals surface area contributed by atoms with Crippen molar-refractivity contribution in [1.82, 2.24) is 4.90 Å². The summed E-state index contributed by atoms with van der Waals surface area (Å²) in [6.45, 7) is 7.09. The van der Waals surface area contributed by atoms with Gasteiger partial charge < -0.3 is 23.5 Å². The van der Waals surface area contributed by atoms with Crippen molar-refractivity contribution in [3.05, 3.63) is 96.6 Å². The van der Waals surface area contributed by atoms with Gasteiger partial charge in [-0.3, -0.25) is 9.59 Å². The average Bonchev–Trinajstić information content (AvgIpc) is 3.26. The first-order valence-electron chi connectivity index (χ1n) is 13.6. The maximum absolute atomic E-state index is 13.4. The second-order valence-electron chi connectivity index (χ2n) is 11.0. The highest BCUT2D eigenvalue weighted by Crippen LogP contribution is 2.37. The number of methoxy groups -OCH3 is 1. The zero-order valence-corrected chi connectivity index (χ0v) is 24.7. The van der Waals surface area contributed by atoms with Gasteiger partial charge >= 0.3 is 5.97 Å². The lowest BCUT2D eigenvalue weighted by Crippen LogP contribution is -2.67. The summed E-state index contributed by atoms with van der Waals surface area (Å²) in [6, 6.07) is 30.1. The Morgan fingerprint density at radius 1 is 0.900 bits per heavy atom. The third-order valence-electron chi connectivity index (χ3n) is 7.39. The fourth-order valence-electron chi connectivity index (χ4n) is 5.39. The first kappa shape index (κ1) is 29.7. The summed E-state index contributed by atoms with van der Waals surface area (Å²) in [6.07, 6.45) is -0.337. The molecule has 1 fully saturated rings. The number of ether oxygens (including phenoxy) is 3. The predicted octanol–water partition coefficient (Wildman–Crippen LogP) is 3.90. The zero-order chi connectivity index (χ0) is 28.6. The molecule has 1 aliphatic heterocycles. The number of esters is 1. The van der Waals surface area contributed by atoms with Crippen LogP contribution in [0.3, 0.4) is 0 Å². The molecule has 7 nitrogen and oxygen atoms in total. The molecule has 1 amide bonds. The van der Waals surface area contributed by atoms with Gasteiger partial charge in [0.15, 0.2) is 0 Å². The van der Waals surface area contributed by atoms with Crippen molar-refractivity contribution in [3.63, 3.8) is 0 Å². The van der Waals surface area contributed by atoms with Gasteiger partial charge in [-0.25, -0.2) is 0 Å². The molecule has 0 aromatic heterocycles. The minimum atomic E-state index is -2.83. The SMILES string of the molecule is COC(=O)CN1C(=O)[C@@H](OCOCc2ccccc2)C[C@@H]1CO[Si](c1ccccc1)(c1ccccc1)C(C)(C)C. The standard InChI is InChI=1S/C32H39NO6Si/c1-32(2,3)40(27-16-10-6-11-17-27,28-18-12-7-13-19-28)39-23-26-20-29(31(35)33(26)21-30(34)36-4)38-24-37-22-25-14-8-5-9-15-25/h5-19,26,29H,20-24H2,1-4H3/t26-,29+/m1/s1. The van der Waals surface area contributed by atoms with Crippen molar-refractivity contribution >= 4 is 30.6 Å². The molecule has 3 aromatic rings. The molecular formula is C32H39NO6Si. The van der Waals surface area contributed by atoms with Crippen LogP contribution < -0.4 is 10.4 Å². The first-order chi connectivity index (χ1) is 19.3. The van der Waals surface area contributed by atoms with E-state index in [0.717, 1.165) is 15.9 Å². The zero-order valence-electron chi connectivity index (χ0n) is 23.7. The smallest absolute Gasteiger partial charge is 0.325 e. The number of nitrogens with zero attached hydrogens (tertiary/aromatic N) is 1. The maximum Gasteiger partial charge on any atom is 0.325 e. The Hall–Kier alpha value is -3.30.